The van der Waals surface area contributed by atoms with Gasteiger partial charge in [0.1, 0.15) is 11.4 Å². The van der Waals surface area contributed by atoms with Gasteiger partial charge in [-0.2, -0.15) is 18.3 Å². The van der Waals surface area contributed by atoms with Gasteiger partial charge in [0, 0.05) is 12.5 Å². The summed E-state index contributed by atoms with van der Waals surface area (Å²) in [4.78, 5) is 12.8. The van der Waals surface area contributed by atoms with Crippen molar-refractivity contribution >= 4 is 11.7 Å². The molecule has 1 aliphatic carbocycles. The van der Waals surface area contributed by atoms with Crippen LogP contribution in [0, 0.1) is 6.92 Å². The number of carbonyl (C=O) groups excluding carboxylic acids is 1. The van der Waals surface area contributed by atoms with Crippen LogP contribution >= 0.6 is 0 Å². The largest absolute Gasteiger partial charge is 0.410 e. The fourth-order valence-electron chi connectivity index (χ4n) is 4.26. The van der Waals surface area contributed by atoms with Crippen LogP contribution in [0.4, 0.5) is 19.0 Å². The molecular weight excluding hydrogens is 381 g/mol. The molecule has 1 aliphatic heterocycles. The van der Waals surface area contributed by atoms with Crippen LogP contribution in [0.15, 0.2) is 30.5 Å². The van der Waals surface area contributed by atoms with Crippen molar-refractivity contribution in [3.05, 3.63) is 47.2 Å². The minimum Gasteiger partial charge on any atom is -0.363 e. The third kappa shape index (κ3) is 4.11. The highest BCUT2D eigenvalue weighted by molar-refractivity contribution is 5.99. The number of anilines is 1. The Morgan fingerprint density at radius 2 is 1.86 bits per heavy atom. The maximum absolute atomic E-state index is 13.8. The average Bonchev–Trinajstić information content (AvgIpc) is 3.12. The maximum atomic E-state index is 13.8. The Bertz CT molecular complexity index is 869. The van der Waals surface area contributed by atoms with E-state index < -0.39 is 18.3 Å². The zero-order chi connectivity index (χ0) is 20.6. The van der Waals surface area contributed by atoms with Crippen molar-refractivity contribution in [3.8, 4) is 0 Å². The molecule has 1 saturated carbocycles. The molecule has 156 valence electrons. The van der Waals surface area contributed by atoms with E-state index in [9.17, 15) is 18.0 Å². The number of aryl methyl sites for hydroxylation is 1. The van der Waals surface area contributed by atoms with E-state index in [4.69, 9.17) is 0 Å². The van der Waals surface area contributed by atoms with Gasteiger partial charge < -0.3 is 10.6 Å². The summed E-state index contributed by atoms with van der Waals surface area (Å²) < 4.78 is 42.2. The summed E-state index contributed by atoms with van der Waals surface area (Å²) in [6.45, 7) is 1.93. The second kappa shape index (κ2) is 7.72. The molecule has 8 heteroatoms. The monoisotopic (exact) mass is 406 g/mol. The van der Waals surface area contributed by atoms with Gasteiger partial charge in [0.2, 0.25) is 0 Å². The van der Waals surface area contributed by atoms with E-state index in [1.54, 1.807) is 0 Å². The fourth-order valence-corrected chi connectivity index (χ4v) is 4.26. The first kappa shape index (κ1) is 19.8. The van der Waals surface area contributed by atoms with Crippen molar-refractivity contribution in [2.45, 2.75) is 69.8 Å². The molecule has 1 fully saturated rings. The molecule has 0 bridgehead atoms. The van der Waals surface area contributed by atoms with E-state index in [1.807, 2.05) is 31.2 Å². The molecule has 1 aromatic carbocycles. The van der Waals surface area contributed by atoms with Gasteiger partial charge in [-0.1, -0.05) is 49.1 Å². The molecule has 0 spiro atoms. The predicted octanol–water partition coefficient (Wildman–Crippen LogP) is 4.91. The Labute approximate surface area is 167 Å². The molecule has 1 aromatic heterocycles. The number of halogens is 3. The molecule has 0 saturated heterocycles. The van der Waals surface area contributed by atoms with E-state index in [2.05, 4.69) is 15.7 Å². The third-order valence-electron chi connectivity index (χ3n) is 5.90. The van der Waals surface area contributed by atoms with Crippen LogP contribution in [0.3, 0.4) is 0 Å². The van der Waals surface area contributed by atoms with E-state index in [0.717, 1.165) is 47.9 Å². The SMILES string of the molecule is Cc1ccc([C@H]2C[C@@H](C(F)(F)F)n3ncc(C(=O)NC4CCCCC4)c3N2)cc1. The van der Waals surface area contributed by atoms with E-state index >= 15 is 0 Å². The van der Waals surface area contributed by atoms with Crippen LogP contribution in [0.2, 0.25) is 0 Å². The number of fused-ring (bicyclic) bond motifs is 1. The molecule has 0 radical (unpaired) electrons. The molecule has 4 rings (SSSR count). The van der Waals surface area contributed by atoms with Crippen molar-refractivity contribution in [2.75, 3.05) is 5.32 Å². The molecule has 1 amide bonds. The number of aromatic nitrogens is 2. The minimum absolute atomic E-state index is 0.0710. The lowest BCUT2D eigenvalue weighted by Crippen LogP contribution is -2.38. The van der Waals surface area contributed by atoms with Gasteiger partial charge in [-0.3, -0.25) is 4.79 Å². The minimum atomic E-state index is -4.46. The Morgan fingerprint density at radius 3 is 2.52 bits per heavy atom. The van der Waals surface area contributed by atoms with Crippen molar-refractivity contribution in [1.82, 2.24) is 15.1 Å². The van der Waals surface area contributed by atoms with Crippen LogP contribution in [-0.4, -0.2) is 27.9 Å². The molecule has 2 N–H and O–H groups in total. The number of carbonyl (C=O) groups is 1. The van der Waals surface area contributed by atoms with Gasteiger partial charge in [0.25, 0.3) is 5.91 Å². The Balaban J connectivity index is 1.64. The molecule has 2 heterocycles. The number of hydrogen-bond acceptors (Lipinski definition) is 3. The molecule has 29 heavy (non-hydrogen) atoms. The van der Waals surface area contributed by atoms with Gasteiger partial charge in [0.05, 0.1) is 12.2 Å². The summed E-state index contributed by atoms with van der Waals surface area (Å²) >= 11 is 0. The quantitative estimate of drug-likeness (QED) is 0.761. The number of nitrogens with one attached hydrogen (secondary N) is 2. The van der Waals surface area contributed by atoms with Crippen molar-refractivity contribution in [3.63, 3.8) is 0 Å². The highest BCUT2D eigenvalue weighted by atomic mass is 19.4. The number of benzene rings is 1. The fraction of sp³-hybridized carbons (Fsp3) is 0.524. The van der Waals surface area contributed by atoms with Gasteiger partial charge in [-0.05, 0) is 25.3 Å². The highest BCUT2D eigenvalue weighted by Crippen LogP contribution is 2.44. The smallest absolute Gasteiger partial charge is 0.363 e. The topological polar surface area (TPSA) is 59.0 Å². The van der Waals surface area contributed by atoms with Crippen LogP contribution in [-0.2, 0) is 0 Å². The molecule has 2 aromatic rings. The Kier molecular flexibility index (Phi) is 5.27. The zero-order valence-electron chi connectivity index (χ0n) is 16.3. The van der Waals surface area contributed by atoms with Crippen LogP contribution in [0.1, 0.15) is 72.1 Å². The lowest BCUT2D eigenvalue weighted by molar-refractivity contribution is -0.173. The van der Waals surface area contributed by atoms with Gasteiger partial charge in [-0.25, -0.2) is 4.68 Å². The number of rotatable bonds is 3. The summed E-state index contributed by atoms with van der Waals surface area (Å²) in [6.07, 6.45) is 1.69. The molecule has 0 unspecified atom stereocenters. The maximum Gasteiger partial charge on any atom is 0.410 e. The van der Waals surface area contributed by atoms with Crippen molar-refractivity contribution in [1.29, 1.82) is 0 Å². The van der Waals surface area contributed by atoms with Crippen molar-refractivity contribution in [2.24, 2.45) is 0 Å². The Hall–Kier alpha value is -2.51. The van der Waals surface area contributed by atoms with E-state index in [-0.39, 0.29) is 29.8 Å². The van der Waals surface area contributed by atoms with Crippen LogP contribution in [0.5, 0.6) is 0 Å². The van der Waals surface area contributed by atoms with Gasteiger partial charge >= 0.3 is 6.18 Å². The van der Waals surface area contributed by atoms with E-state index in [1.165, 1.54) is 6.20 Å². The first-order chi connectivity index (χ1) is 13.8. The van der Waals surface area contributed by atoms with Gasteiger partial charge in [-0.15, -0.1) is 0 Å². The first-order valence-corrected chi connectivity index (χ1v) is 10.1. The van der Waals surface area contributed by atoms with Crippen LogP contribution in [0.25, 0.3) is 0 Å². The lowest BCUT2D eigenvalue weighted by atomic mass is 9.95. The molecule has 5 nitrogen and oxygen atoms in total. The summed E-state index contributed by atoms with van der Waals surface area (Å²) in [6, 6.07) is 5.16. The molecule has 2 atom stereocenters. The van der Waals surface area contributed by atoms with Gasteiger partial charge in [0.15, 0.2) is 6.04 Å². The Morgan fingerprint density at radius 1 is 1.17 bits per heavy atom. The van der Waals surface area contributed by atoms with Crippen LogP contribution < -0.4 is 10.6 Å². The molecule has 2 aliphatic rings. The normalized spacial score (nSPS) is 22.6. The highest BCUT2D eigenvalue weighted by Gasteiger charge is 2.47. The van der Waals surface area contributed by atoms with Crippen molar-refractivity contribution < 1.29 is 18.0 Å². The summed E-state index contributed by atoms with van der Waals surface area (Å²) in [5.74, 6) is -0.228. The average molecular weight is 406 g/mol. The summed E-state index contributed by atoms with van der Waals surface area (Å²) in [5, 5.41) is 10.0. The molecular formula is C21H25F3N4O. The summed E-state index contributed by atoms with van der Waals surface area (Å²) in [5.41, 5.74) is 1.96. The lowest BCUT2D eigenvalue weighted by Gasteiger charge is -2.34. The second-order valence-electron chi connectivity index (χ2n) is 8.06. The first-order valence-electron chi connectivity index (χ1n) is 10.1. The number of alkyl halides is 3. The standard InChI is InChI=1S/C21H25F3N4O/c1-13-7-9-14(10-8-13)17-11-18(21(22,23)24)28-19(27-17)16(12-25-28)20(29)26-15-5-3-2-4-6-15/h7-10,12,15,17-18,27H,2-6,11H2,1H3,(H,26,29)/t17-,18+/m1/s1. The number of amides is 1. The number of hydrogen-bond donors (Lipinski definition) is 2. The third-order valence-corrected chi connectivity index (χ3v) is 5.90. The second-order valence-corrected chi connectivity index (χ2v) is 8.06. The number of nitrogens with zero attached hydrogens (tertiary/aromatic N) is 2. The zero-order valence-corrected chi connectivity index (χ0v) is 16.3. The summed E-state index contributed by atoms with van der Waals surface area (Å²) in [7, 11) is 0. The predicted molar refractivity (Wildman–Crippen MR) is 104 cm³/mol. The van der Waals surface area contributed by atoms with E-state index in [0.29, 0.717) is 0 Å².